The molecule has 0 bridgehead atoms. The summed E-state index contributed by atoms with van der Waals surface area (Å²) in [7, 11) is 3.10. The second-order valence-electron chi connectivity index (χ2n) is 4.99. The number of hydrogen-bond donors (Lipinski definition) is 1. The molecule has 0 unspecified atom stereocenters. The Morgan fingerprint density at radius 3 is 2.58 bits per heavy atom. The number of methoxy groups -OCH3 is 2. The maximum Gasteiger partial charge on any atom is 0.146 e. The Morgan fingerprint density at radius 2 is 1.88 bits per heavy atom. The lowest BCUT2D eigenvalue weighted by atomic mass is 10.1. The first-order valence-electron chi connectivity index (χ1n) is 7.14. The van der Waals surface area contributed by atoms with Gasteiger partial charge in [-0.25, -0.2) is 0 Å². The number of nitriles is 1. The maximum absolute atomic E-state index is 9.41. The first-order valence-corrected chi connectivity index (χ1v) is 7.52. The topological polar surface area (TPSA) is 67.2 Å². The van der Waals surface area contributed by atoms with E-state index in [-0.39, 0.29) is 0 Å². The SMILES string of the molecule is COc1cc(OC)c(Nc2c(C#N)cnc3ccccc23)cc1Cl. The number of nitrogens with zero attached hydrogens (tertiary/aromatic N) is 2. The Morgan fingerprint density at radius 1 is 1.12 bits per heavy atom. The van der Waals surface area contributed by atoms with E-state index in [9.17, 15) is 5.26 Å². The quantitative estimate of drug-likeness (QED) is 0.756. The number of hydrogen-bond acceptors (Lipinski definition) is 5. The number of nitrogens with one attached hydrogen (secondary N) is 1. The van der Waals surface area contributed by atoms with Crippen LogP contribution in [-0.4, -0.2) is 19.2 Å². The van der Waals surface area contributed by atoms with Crippen molar-refractivity contribution in [2.45, 2.75) is 0 Å². The van der Waals surface area contributed by atoms with Gasteiger partial charge in [-0.3, -0.25) is 4.98 Å². The summed E-state index contributed by atoms with van der Waals surface area (Å²) < 4.78 is 10.6. The summed E-state index contributed by atoms with van der Waals surface area (Å²) in [5.74, 6) is 1.07. The molecule has 0 aliphatic rings. The fraction of sp³-hybridized carbons (Fsp3) is 0.111. The highest BCUT2D eigenvalue weighted by atomic mass is 35.5. The molecule has 120 valence electrons. The van der Waals surface area contributed by atoms with Crippen LogP contribution in [0.25, 0.3) is 10.9 Å². The molecule has 0 fully saturated rings. The molecule has 0 atom stereocenters. The molecule has 6 heteroatoms. The van der Waals surface area contributed by atoms with E-state index >= 15 is 0 Å². The van der Waals surface area contributed by atoms with Gasteiger partial charge in [0, 0.05) is 17.6 Å². The van der Waals surface area contributed by atoms with Gasteiger partial charge in [-0.1, -0.05) is 29.8 Å². The zero-order valence-electron chi connectivity index (χ0n) is 13.1. The fourth-order valence-electron chi connectivity index (χ4n) is 2.45. The lowest BCUT2D eigenvalue weighted by Crippen LogP contribution is -2.00. The predicted octanol–water partition coefficient (Wildman–Crippen LogP) is 4.52. The van der Waals surface area contributed by atoms with Crippen LogP contribution in [0.5, 0.6) is 11.5 Å². The predicted molar refractivity (Wildman–Crippen MR) is 94.3 cm³/mol. The molecule has 1 heterocycles. The lowest BCUT2D eigenvalue weighted by Gasteiger charge is -2.16. The van der Waals surface area contributed by atoms with Gasteiger partial charge in [-0.2, -0.15) is 5.26 Å². The first-order chi connectivity index (χ1) is 11.7. The molecule has 0 aliphatic carbocycles. The molecule has 24 heavy (non-hydrogen) atoms. The number of halogens is 1. The van der Waals surface area contributed by atoms with E-state index in [4.69, 9.17) is 21.1 Å². The number of pyridine rings is 1. The van der Waals surface area contributed by atoms with Gasteiger partial charge in [0.15, 0.2) is 0 Å². The number of anilines is 2. The van der Waals surface area contributed by atoms with Gasteiger partial charge in [0.2, 0.25) is 0 Å². The van der Waals surface area contributed by atoms with E-state index in [1.807, 2.05) is 24.3 Å². The third kappa shape index (κ3) is 2.80. The summed E-state index contributed by atoms with van der Waals surface area (Å²) >= 11 is 6.22. The highest BCUT2D eigenvalue weighted by Gasteiger charge is 2.14. The molecule has 5 nitrogen and oxygen atoms in total. The van der Waals surface area contributed by atoms with Crippen LogP contribution in [0.1, 0.15) is 5.56 Å². The van der Waals surface area contributed by atoms with E-state index in [2.05, 4.69) is 16.4 Å². The largest absolute Gasteiger partial charge is 0.495 e. The number of aromatic nitrogens is 1. The first kappa shape index (κ1) is 15.9. The summed E-state index contributed by atoms with van der Waals surface area (Å²) in [6, 6.07) is 13.1. The third-order valence-electron chi connectivity index (χ3n) is 3.63. The molecule has 0 saturated carbocycles. The minimum absolute atomic E-state index is 0.433. The van der Waals surface area contributed by atoms with Crippen molar-refractivity contribution in [3.8, 4) is 17.6 Å². The van der Waals surface area contributed by atoms with Crippen molar-refractivity contribution in [3.05, 3.63) is 53.2 Å². The standard InChI is InChI=1S/C18H14ClN3O2/c1-23-16-8-17(24-2)15(7-13(16)19)22-18-11(9-20)10-21-14-6-4-3-5-12(14)18/h3-8,10H,1-2H3,(H,21,22). The van der Waals surface area contributed by atoms with Crippen molar-refractivity contribution in [1.29, 1.82) is 5.26 Å². The number of rotatable bonds is 4. The minimum atomic E-state index is 0.433. The normalized spacial score (nSPS) is 10.2. The number of fused-ring (bicyclic) bond motifs is 1. The summed E-state index contributed by atoms with van der Waals surface area (Å²) in [4.78, 5) is 4.30. The van der Waals surface area contributed by atoms with Crippen LogP contribution in [0.15, 0.2) is 42.6 Å². The zero-order chi connectivity index (χ0) is 17.1. The monoisotopic (exact) mass is 339 g/mol. The van der Waals surface area contributed by atoms with E-state index in [0.29, 0.717) is 33.5 Å². The molecular formula is C18H14ClN3O2. The number of ether oxygens (including phenoxy) is 2. The smallest absolute Gasteiger partial charge is 0.146 e. The Kier molecular flexibility index (Phi) is 4.41. The van der Waals surface area contributed by atoms with Crippen LogP contribution in [0.3, 0.4) is 0 Å². The van der Waals surface area contributed by atoms with Gasteiger partial charge in [0.1, 0.15) is 17.6 Å². The molecule has 0 amide bonds. The highest BCUT2D eigenvalue weighted by Crippen LogP contribution is 2.39. The minimum Gasteiger partial charge on any atom is -0.495 e. The average Bonchev–Trinajstić information content (AvgIpc) is 2.62. The van der Waals surface area contributed by atoms with Gasteiger partial charge in [0.05, 0.1) is 41.7 Å². The molecular weight excluding hydrogens is 326 g/mol. The van der Waals surface area contributed by atoms with Crippen LogP contribution in [-0.2, 0) is 0 Å². The van der Waals surface area contributed by atoms with E-state index in [1.165, 1.54) is 7.11 Å². The summed E-state index contributed by atoms with van der Waals surface area (Å²) in [6.07, 6.45) is 1.54. The average molecular weight is 340 g/mol. The number of benzene rings is 2. The van der Waals surface area contributed by atoms with E-state index < -0.39 is 0 Å². The Labute approximate surface area is 144 Å². The maximum atomic E-state index is 9.41. The third-order valence-corrected chi connectivity index (χ3v) is 3.92. The Hall–Kier alpha value is -2.97. The van der Waals surface area contributed by atoms with Crippen molar-refractivity contribution in [3.63, 3.8) is 0 Å². The Bertz CT molecular complexity index is 951. The van der Waals surface area contributed by atoms with Crippen LogP contribution < -0.4 is 14.8 Å². The summed E-state index contributed by atoms with van der Waals surface area (Å²) in [6.45, 7) is 0. The van der Waals surface area contributed by atoms with Gasteiger partial charge >= 0.3 is 0 Å². The summed E-state index contributed by atoms with van der Waals surface area (Å²) in [5.41, 5.74) is 2.51. The van der Waals surface area contributed by atoms with Crippen molar-refractivity contribution in [2.24, 2.45) is 0 Å². The molecule has 0 aliphatic heterocycles. The second kappa shape index (κ2) is 6.65. The van der Waals surface area contributed by atoms with Crippen molar-refractivity contribution in [2.75, 3.05) is 19.5 Å². The van der Waals surface area contributed by atoms with Gasteiger partial charge in [0.25, 0.3) is 0 Å². The Balaban J connectivity index is 2.17. The molecule has 1 aromatic heterocycles. The van der Waals surface area contributed by atoms with Gasteiger partial charge in [-0.15, -0.1) is 0 Å². The highest BCUT2D eigenvalue weighted by molar-refractivity contribution is 6.32. The number of para-hydroxylation sites is 1. The van der Waals surface area contributed by atoms with E-state index in [1.54, 1.807) is 25.4 Å². The lowest BCUT2D eigenvalue weighted by molar-refractivity contribution is 0.396. The van der Waals surface area contributed by atoms with Crippen LogP contribution >= 0.6 is 11.6 Å². The van der Waals surface area contributed by atoms with Crippen molar-refractivity contribution in [1.82, 2.24) is 4.98 Å². The molecule has 0 saturated heterocycles. The molecule has 2 aromatic carbocycles. The van der Waals surface area contributed by atoms with Gasteiger partial charge < -0.3 is 14.8 Å². The molecule has 3 aromatic rings. The van der Waals surface area contributed by atoms with Crippen LogP contribution in [0.2, 0.25) is 5.02 Å². The second-order valence-corrected chi connectivity index (χ2v) is 5.40. The van der Waals surface area contributed by atoms with Crippen LogP contribution in [0, 0.1) is 11.3 Å². The summed E-state index contributed by atoms with van der Waals surface area (Å²) in [5, 5.41) is 13.9. The van der Waals surface area contributed by atoms with Crippen LogP contribution in [0.4, 0.5) is 11.4 Å². The fourth-order valence-corrected chi connectivity index (χ4v) is 2.69. The van der Waals surface area contributed by atoms with Crippen molar-refractivity contribution >= 4 is 33.9 Å². The molecule has 3 rings (SSSR count). The molecule has 0 radical (unpaired) electrons. The molecule has 0 spiro atoms. The van der Waals surface area contributed by atoms with E-state index in [0.717, 1.165) is 10.9 Å². The molecule has 1 N–H and O–H groups in total. The van der Waals surface area contributed by atoms with Gasteiger partial charge in [-0.05, 0) is 12.1 Å². The van der Waals surface area contributed by atoms with Crippen molar-refractivity contribution < 1.29 is 9.47 Å². The zero-order valence-corrected chi connectivity index (χ0v) is 13.9.